The SMILES string of the molecule is CC1(C)[C@@H]2[C@@H](C(=O)N[C@H](C#N)CC3CCCC3=O)N(C(=O)c3cc4cc(F)c(F)cc4[nH]3)C[C@@H]21. The van der Waals surface area contributed by atoms with E-state index in [0.29, 0.717) is 23.9 Å². The summed E-state index contributed by atoms with van der Waals surface area (Å²) >= 11 is 0. The molecule has 2 aliphatic carbocycles. The van der Waals surface area contributed by atoms with Crippen molar-refractivity contribution in [3.63, 3.8) is 0 Å². The number of hydrogen-bond donors (Lipinski definition) is 2. The second kappa shape index (κ2) is 7.90. The van der Waals surface area contributed by atoms with Crippen molar-refractivity contribution >= 4 is 28.5 Å². The summed E-state index contributed by atoms with van der Waals surface area (Å²) in [5.74, 6) is -2.86. The highest BCUT2D eigenvalue weighted by atomic mass is 19.2. The second-order valence-corrected chi connectivity index (χ2v) is 10.4. The van der Waals surface area contributed by atoms with Gasteiger partial charge in [-0.25, -0.2) is 8.78 Å². The summed E-state index contributed by atoms with van der Waals surface area (Å²) in [6.45, 7) is 4.49. The number of rotatable bonds is 5. The lowest BCUT2D eigenvalue weighted by Gasteiger charge is -2.30. The molecule has 1 aliphatic heterocycles. The first-order valence-corrected chi connectivity index (χ1v) is 11.6. The lowest BCUT2D eigenvalue weighted by Crippen LogP contribution is -2.52. The molecule has 1 aromatic carbocycles. The largest absolute Gasteiger partial charge is 0.350 e. The average Bonchev–Trinajstić information content (AvgIpc) is 3.28. The third-order valence-electron chi connectivity index (χ3n) is 8.05. The van der Waals surface area contributed by atoms with E-state index >= 15 is 0 Å². The molecule has 3 fully saturated rings. The van der Waals surface area contributed by atoms with E-state index < -0.39 is 35.5 Å². The van der Waals surface area contributed by atoms with E-state index in [0.717, 1.165) is 25.0 Å². The fourth-order valence-electron chi connectivity index (χ4n) is 6.01. The molecule has 1 saturated heterocycles. The predicted octanol–water partition coefficient (Wildman–Crippen LogP) is 3.31. The van der Waals surface area contributed by atoms with E-state index in [2.05, 4.69) is 30.2 Å². The van der Waals surface area contributed by atoms with E-state index in [-0.39, 0.29) is 41.1 Å². The number of amides is 2. The Kier molecular flexibility index (Phi) is 5.23. The highest BCUT2D eigenvalue weighted by Gasteiger charge is 2.69. The first kappa shape index (κ1) is 22.5. The van der Waals surface area contributed by atoms with Crippen LogP contribution < -0.4 is 5.32 Å². The molecule has 0 radical (unpaired) electrons. The number of aromatic amines is 1. The van der Waals surface area contributed by atoms with Crippen LogP contribution in [0, 0.1) is 46.1 Å². The fourth-order valence-corrected chi connectivity index (χ4v) is 6.01. The van der Waals surface area contributed by atoms with Crippen molar-refractivity contribution in [2.75, 3.05) is 6.54 Å². The summed E-state index contributed by atoms with van der Waals surface area (Å²) in [4.78, 5) is 43.0. The van der Waals surface area contributed by atoms with Gasteiger partial charge in [0, 0.05) is 35.9 Å². The molecular formula is C25H26F2N4O3. The molecule has 2 aromatic rings. The van der Waals surface area contributed by atoms with Crippen LogP contribution in [-0.4, -0.2) is 46.1 Å². The number of Topliss-reactive ketones (excluding diaryl/α,β-unsaturated/α-hetero) is 1. The van der Waals surface area contributed by atoms with Gasteiger partial charge in [-0.05, 0) is 48.6 Å². The van der Waals surface area contributed by atoms with E-state index in [1.807, 2.05) is 0 Å². The molecule has 2 heterocycles. The molecule has 1 unspecified atom stereocenters. The van der Waals surface area contributed by atoms with Gasteiger partial charge >= 0.3 is 0 Å². The molecule has 9 heteroatoms. The number of nitrogens with one attached hydrogen (secondary N) is 2. The number of ketones is 1. The van der Waals surface area contributed by atoms with Crippen LogP contribution in [0.15, 0.2) is 18.2 Å². The Morgan fingerprint density at radius 2 is 2.03 bits per heavy atom. The van der Waals surface area contributed by atoms with Crippen LogP contribution >= 0.6 is 0 Å². The highest BCUT2D eigenvalue weighted by Crippen LogP contribution is 2.65. The summed E-state index contributed by atoms with van der Waals surface area (Å²) in [6, 6.07) is 3.99. The van der Waals surface area contributed by atoms with Crippen LogP contribution in [0.4, 0.5) is 8.78 Å². The summed E-state index contributed by atoms with van der Waals surface area (Å²) in [5, 5.41) is 12.7. The third-order valence-corrected chi connectivity index (χ3v) is 8.05. The van der Waals surface area contributed by atoms with E-state index in [1.54, 1.807) is 0 Å². The fraction of sp³-hybridized carbons (Fsp3) is 0.520. The van der Waals surface area contributed by atoms with Crippen molar-refractivity contribution in [2.24, 2.45) is 23.2 Å². The molecule has 178 valence electrons. The van der Waals surface area contributed by atoms with Gasteiger partial charge in [0.15, 0.2) is 11.6 Å². The van der Waals surface area contributed by atoms with E-state index in [9.17, 15) is 28.4 Å². The van der Waals surface area contributed by atoms with E-state index in [1.165, 1.54) is 11.0 Å². The molecular weight excluding hydrogens is 442 g/mol. The zero-order chi connectivity index (χ0) is 24.4. The minimum absolute atomic E-state index is 0.0526. The van der Waals surface area contributed by atoms with Crippen molar-refractivity contribution < 1.29 is 23.2 Å². The Hall–Kier alpha value is -3.28. The summed E-state index contributed by atoms with van der Waals surface area (Å²) in [6.07, 6.45) is 2.31. The number of aromatic nitrogens is 1. The monoisotopic (exact) mass is 468 g/mol. The quantitative estimate of drug-likeness (QED) is 0.702. The minimum Gasteiger partial charge on any atom is -0.350 e. The molecule has 5 rings (SSSR count). The van der Waals surface area contributed by atoms with Gasteiger partial charge in [0.05, 0.1) is 6.07 Å². The van der Waals surface area contributed by atoms with Crippen molar-refractivity contribution in [2.45, 2.75) is 51.6 Å². The number of likely N-dealkylation sites (tertiary alicyclic amines) is 1. The van der Waals surface area contributed by atoms with Gasteiger partial charge in [-0.3, -0.25) is 14.4 Å². The zero-order valence-electron chi connectivity index (χ0n) is 19.0. The molecule has 1 aromatic heterocycles. The molecule has 0 spiro atoms. The minimum atomic E-state index is -1.02. The number of H-pyrrole nitrogens is 1. The Morgan fingerprint density at radius 3 is 2.71 bits per heavy atom. The number of benzene rings is 1. The number of nitrogens with zero attached hydrogens (tertiary/aromatic N) is 2. The number of carbonyl (C=O) groups is 3. The van der Waals surface area contributed by atoms with Gasteiger partial charge in [-0.1, -0.05) is 13.8 Å². The van der Waals surface area contributed by atoms with Crippen molar-refractivity contribution in [1.29, 1.82) is 5.26 Å². The van der Waals surface area contributed by atoms with Crippen LogP contribution in [0.1, 0.15) is 50.0 Å². The number of hydrogen-bond acceptors (Lipinski definition) is 4. The first-order chi connectivity index (χ1) is 16.1. The second-order valence-electron chi connectivity index (χ2n) is 10.4. The topological polar surface area (TPSA) is 106 Å². The Balaban J connectivity index is 1.37. The maximum atomic E-state index is 13.6. The molecule has 5 atom stereocenters. The van der Waals surface area contributed by atoms with Gasteiger partial charge in [-0.2, -0.15) is 5.26 Å². The number of nitriles is 1. The lowest BCUT2D eigenvalue weighted by molar-refractivity contribution is -0.127. The summed E-state index contributed by atoms with van der Waals surface area (Å²) in [5.41, 5.74) is 0.318. The van der Waals surface area contributed by atoms with Gasteiger partial charge in [0.2, 0.25) is 5.91 Å². The van der Waals surface area contributed by atoms with Crippen molar-refractivity contribution in [3.05, 3.63) is 35.5 Å². The van der Waals surface area contributed by atoms with Crippen LogP contribution in [-0.2, 0) is 9.59 Å². The zero-order valence-corrected chi connectivity index (χ0v) is 19.0. The van der Waals surface area contributed by atoms with Crippen LogP contribution in [0.3, 0.4) is 0 Å². The Bertz CT molecular complexity index is 1210. The van der Waals surface area contributed by atoms with Gasteiger partial charge in [0.25, 0.3) is 5.91 Å². The van der Waals surface area contributed by atoms with Crippen LogP contribution in [0.2, 0.25) is 0 Å². The number of carbonyl (C=O) groups excluding carboxylic acids is 3. The summed E-state index contributed by atoms with van der Waals surface area (Å²) in [7, 11) is 0. The van der Waals surface area contributed by atoms with Crippen LogP contribution in [0.25, 0.3) is 10.9 Å². The first-order valence-electron chi connectivity index (χ1n) is 11.6. The normalized spacial score (nSPS) is 28.0. The standard InChI is InChI=1S/C25H26F2N4O3/c1-25(2)15-11-31(24(34)19-8-13-7-16(26)17(27)9-18(13)30-19)22(21(15)25)23(33)29-14(10-28)6-12-4-3-5-20(12)32/h7-9,12,14-15,21-22,30H,3-6,11H2,1-2H3,(H,29,33)/t12?,14-,15-,21-,22-/m0/s1. The van der Waals surface area contributed by atoms with Crippen molar-refractivity contribution in [1.82, 2.24) is 15.2 Å². The maximum Gasteiger partial charge on any atom is 0.271 e. The van der Waals surface area contributed by atoms with Gasteiger partial charge in [-0.15, -0.1) is 0 Å². The molecule has 0 bridgehead atoms. The van der Waals surface area contributed by atoms with E-state index in [4.69, 9.17) is 0 Å². The number of piperidine rings is 1. The molecule has 7 nitrogen and oxygen atoms in total. The molecule has 2 amide bonds. The smallest absolute Gasteiger partial charge is 0.271 e. The van der Waals surface area contributed by atoms with Crippen LogP contribution in [0.5, 0.6) is 0 Å². The summed E-state index contributed by atoms with van der Waals surface area (Å²) < 4.78 is 27.2. The molecule has 2 N–H and O–H groups in total. The predicted molar refractivity (Wildman–Crippen MR) is 118 cm³/mol. The van der Waals surface area contributed by atoms with Gasteiger partial charge in [0.1, 0.15) is 23.6 Å². The Morgan fingerprint density at radius 1 is 1.29 bits per heavy atom. The molecule has 34 heavy (non-hydrogen) atoms. The lowest BCUT2D eigenvalue weighted by atomic mass is 9.96. The highest BCUT2D eigenvalue weighted by molar-refractivity contribution is 6.01. The van der Waals surface area contributed by atoms with Crippen molar-refractivity contribution in [3.8, 4) is 6.07 Å². The Labute approximate surface area is 195 Å². The molecule has 3 aliphatic rings. The third kappa shape index (κ3) is 3.56. The number of halogens is 2. The number of fused-ring (bicyclic) bond motifs is 2. The average molecular weight is 469 g/mol. The molecule has 2 saturated carbocycles. The maximum absolute atomic E-state index is 13.6. The van der Waals surface area contributed by atoms with Gasteiger partial charge < -0.3 is 15.2 Å².